The van der Waals surface area contributed by atoms with Crippen molar-refractivity contribution in [1.29, 1.82) is 0 Å². The summed E-state index contributed by atoms with van der Waals surface area (Å²) in [5.74, 6) is 0. The number of fused-ring (bicyclic) bond motifs is 8. The molecule has 254 valence electrons. The highest BCUT2D eigenvalue weighted by atomic mass is 32.1. The lowest BCUT2D eigenvalue weighted by molar-refractivity contribution is 0.669. The maximum atomic E-state index is 6.20. The molecule has 11 aromatic rings. The first-order valence-corrected chi connectivity index (χ1v) is 19.7. The van der Waals surface area contributed by atoms with E-state index in [1.807, 2.05) is 23.5 Å². The summed E-state index contributed by atoms with van der Waals surface area (Å²) in [5.41, 5.74) is 12.0. The van der Waals surface area contributed by atoms with Crippen LogP contribution in [0.5, 0.6) is 0 Å². The highest BCUT2D eigenvalue weighted by molar-refractivity contribution is 7.28. The van der Waals surface area contributed by atoms with Crippen molar-refractivity contribution in [1.82, 2.24) is 4.98 Å². The first-order chi connectivity index (χ1) is 26.7. The van der Waals surface area contributed by atoms with Crippen molar-refractivity contribution in [2.45, 2.75) is 0 Å². The number of thiophene rings is 1. The van der Waals surface area contributed by atoms with Crippen molar-refractivity contribution in [2.75, 3.05) is 4.90 Å². The molecule has 8 aromatic carbocycles. The Bertz CT molecular complexity index is 3140. The maximum Gasteiger partial charge on any atom is 0.135 e. The summed E-state index contributed by atoms with van der Waals surface area (Å²) in [4.78, 5) is 7.37. The van der Waals surface area contributed by atoms with Crippen LogP contribution < -0.4 is 4.90 Å². The van der Waals surface area contributed by atoms with Crippen LogP contribution in [0.1, 0.15) is 0 Å². The van der Waals surface area contributed by atoms with Crippen molar-refractivity contribution in [3.63, 3.8) is 0 Å². The Kier molecular flexibility index (Phi) is 7.22. The van der Waals surface area contributed by atoms with Gasteiger partial charge in [-0.25, -0.2) is 4.98 Å². The lowest BCUT2D eigenvalue weighted by Gasteiger charge is -2.26. The van der Waals surface area contributed by atoms with Gasteiger partial charge in [-0.15, -0.1) is 22.7 Å². The number of hydrogen-bond acceptors (Lipinski definition) is 5. The van der Waals surface area contributed by atoms with Crippen molar-refractivity contribution in [3.05, 3.63) is 182 Å². The van der Waals surface area contributed by atoms with Gasteiger partial charge in [-0.1, -0.05) is 109 Å². The first-order valence-electron chi connectivity index (χ1n) is 18.0. The molecule has 0 aliphatic heterocycles. The van der Waals surface area contributed by atoms with Crippen molar-refractivity contribution in [3.8, 4) is 32.8 Å². The summed E-state index contributed by atoms with van der Waals surface area (Å²) in [6, 6.07) is 64.9. The second-order valence-corrected chi connectivity index (χ2v) is 15.6. The predicted octanol–water partition coefficient (Wildman–Crippen LogP) is 15.0. The van der Waals surface area contributed by atoms with E-state index in [-0.39, 0.29) is 0 Å². The van der Waals surface area contributed by atoms with Gasteiger partial charge in [0, 0.05) is 53.6 Å². The molecule has 0 atom stereocenters. The molecule has 0 N–H and O–H groups in total. The molecule has 0 bridgehead atoms. The molecule has 3 aromatic heterocycles. The normalized spacial score (nSPS) is 11.7. The van der Waals surface area contributed by atoms with Gasteiger partial charge in [0.1, 0.15) is 16.2 Å². The van der Waals surface area contributed by atoms with E-state index in [0.29, 0.717) is 0 Å². The molecule has 3 heterocycles. The molecule has 0 aliphatic rings. The zero-order valence-corrected chi connectivity index (χ0v) is 30.6. The van der Waals surface area contributed by atoms with Crippen LogP contribution in [-0.2, 0) is 0 Å². The third-order valence-corrected chi connectivity index (χ3v) is 12.6. The molecule has 0 spiro atoms. The van der Waals surface area contributed by atoms with E-state index in [0.717, 1.165) is 55.1 Å². The summed E-state index contributed by atoms with van der Waals surface area (Å²) in [7, 11) is 0. The van der Waals surface area contributed by atoms with Crippen LogP contribution in [0.4, 0.5) is 17.1 Å². The fraction of sp³-hybridized carbons (Fsp3) is 0. The summed E-state index contributed by atoms with van der Waals surface area (Å²) in [5, 5.41) is 5.87. The average Bonchev–Trinajstić information content (AvgIpc) is 3.95. The van der Waals surface area contributed by atoms with E-state index in [2.05, 4.69) is 175 Å². The largest absolute Gasteiger partial charge is 0.456 e. The Labute approximate surface area is 319 Å². The highest BCUT2D eigenvalue weighted by Crippen LogP contribution is 2.44. The average molecular weight is 727 g/mol. The van der Waals surface area contributed by atoms with E-state index >= 15 is 0 Å². The van der Waals surface area contributed by atoms with Crippen LogP contribution in [0.3, 0.4) is 0 Å². The van der Waals surface area contributed by atoms with Gasteiger partial charge in [-0.05, 0) is 95.1 Å². The quantitative estimate of drug-likeness (QED) is 0.171. The van der Waals surface area contributed by atoms with Gasteiger partial charge < -0.3 is 9.32 Å². The van der Waals surface area contributed by atoms with E-state index in [1.54, 1.807) is 11.3 Å². The number of nitrogens with zero attached hydrogens (tertiary/aromatic N) is 2. The molecule has 0 saturated heterocycles. The zero-order chi connectivity index (χ0) is 35.6. The Morgan fingerprint density at radius 1 is 0.407 bits per heavy atom. The SMILES string of the molecule is c1ccc(-c2ccc(N(c3ccc(-c4ccc5sc6ccc7nc(-c8ccccc8)sc7c6c5c4)cc3)c3ccc4oc5ccccc5c4c3)cc2)cc1. The molecule has 5 heteroatoms. The van der Waals surface area contributed by atoms with Crippen LogP contribution in [0.2, 0.25) is 0 Å². The Balaban J connectivity index is 1.01. The van der Waals surface area contributed by atoms with E-state index in [9.17, 15) is 0 Å². The van der Waals surface area contributed by atoms with Crippen LogP contribution in [0, 0.1) is 0 Å². The van der Waals surface area contributed by atoms with Crippen LogP contribution in [-0.4, -0.2) is 4.98 Å². The molecule has 0 fully saturated rings. The fourth-order valence-corrected chi connectivity index (χ4v) is 9.96. The maximum absolute atomic E-state index is 6.20. The second kappa shape index (κ2) is 12.6. The van der Waals surface area contributed by atoms with Gasteiger partial charge >= 0.3 is 0 Å². The molecule has 0 saturated carbocycles. The number of benzene rings is 8. The van der Waals surface area contributed by atoms with Crippen molar-refractivity contribution < 1.29 is 4.42 Å². The standard InChI is InChI=1S/C49H30N2OS2/c1-3-9-31(10-4-1)32-15-20-36(21-16-32)51(38-24-26-44-40(30-38)39-13-7-8-14-43(39)52-44)37-22-17-33(18-23-37)35-19-27-45-41(29-35)47-46(53-45)28-25-42-48(47)54-49(50-42)34-11-5-2-6-12-34/h1-30H. The number of furan rings is 1. The topological polar surface area (TPSA) is 29.3 Å². The number of aromatic nitrogens is 1. The Hall–Kier alpha value is -6.53. The third kappa shape index (κ3) is 5.20. The number of anilines is 3. The molecular weight excluding hydrogens is 697 g/mol. The monoisotopic (exact) mass is 726 g/mol. The van der Waals surface area contributed by atoms with Crippen LogP contribution in [0.25, 0.3) is 85.2 Å². The Morgan fingerprint density at radius 2 is 1.00 bits per heavy atom. The van der Waals surface area contributed by atoms with Gasteiger partial charge in [0.15, 0.2) is 0 Å². The van der Waals surface area contributed by atoms with Crippen molar-refractivity contribution >= 4 is 92.1 Å². The summed E-state index contributed by atoms with van der Waals surface area (Å²) >= 11 is 3.64. The van der Waals surface area contributed by atoms with E-state index < -0.39 is 0 Å². The van der Waals surface area contributed by atoms with Gasteiger partial charge in [-0.3, -0.25) is 0 Å². The van der Waals surface area contributed by atoms with Gasteiger partial charge in [0.2, 0.25) is 0 Å². The van der Waals surface area contributed by atoms with E-state index in [4.69, 9.17) is 9.40 Å². The minimum atomic E-state index is 0.887. The summed E-state index contributed by atoms with van der Waals surface area (Å²) in [6.45, 7) is 0. The number of hydrogen-bond donors (Lipinski definition) is 0. The number of para-hydroxylation sites is 1. The summed E-state index contributed by atoms with van der Waals surface area (Å²) < 4.78 is 10.0. The second-order valence-electron chi connectivity index (χ2n) is 13.6. The lowest BCUT2D eigenvalue weighted by atomic mass is 10.0. The molecule has 3 nitrogen and oxygen atoms in total. The molecule has 0 amide bonds. The molecule has 11 rings (SSSR count). The molecule has 0 unspecified atom stereocenters. The first kappa shape index (κ1) is 31.0. The van der Waals surface area contributed by atoms with Crippen LogP contribution in [0.15, 0.2) is 186 Å². The van der Waals surface area contributed by atoms with E-state index in [1.165, 1.54) is 47.1 Å². The highest BCUT2D eigenvalue weighted by Gasteiger charge is 2.18. The smallest absolute Gasteiger partial charge is 0.135 e. The summed E-state index contributed by atoms with van der Waals surface area (Å²) in [6.07, 6.45) is 0. The van der Waals surface area contributed by atoms with Gasteiger partial charge in [-0.2, -0.15) is 0 Å². The molecular formula is C49H30N2OS2. The minimum Gasteiger partial charge on any atom is -0.456 e. The third-order valence-electron chi connectivity index (χ3n) is 10.3. The predicted molar refractivity (Wildman–Crippen MR) is 231 cm³/mol. The molecule has 0 radical (unpaired) electrons. The molecule has 54 heavy (non-hydrogen) atoms. The van der Waals surface area contributed by atoms with Crippen LogP contribution >= 0.6 is 22.7 Å². The molecule has 0 aliphatic carbocycles. The number of thiazole rings is 1. The zero-order valence-electron chi connectivity index (χ0n) is 28.9. The minimum absolute atomic E-state index is 0.887. The Morgan fingerprint density at radius 3 is 1.76 bits per heavy atom. The van der Waals surface area contributed by atoms with Gasteiger partial charge in [0.05, 0.1) is 10.2 Å². The fourth-order valence-electron chi connectivity index (χ4n) is 7.67. The number of rotatable bonds is 6. The van der Waals surface area contributed by atoms with Crippen molar-refractivity contribution in [2.24, 2.45) is 0 Å². The van der Waals surface area contributed by atoms with Gasteiger partial charge in [0.25, 0.3) is 0 Å². The lowest BCUT2D eigenvalue weighted by Crippen LogP contribution is -2.09.